The van der Waals surface area contributed by atoms with Crippen molar-refractivity contribution in [2.45, 2.75) is 69.6 Å². The molecule has 1 amide bonds. The van der Waals surface area contributed by atoms with Crippen molar-refractivity contribution in [1.82, 2.24) is 5.32 Å². The van der Waals surface area contributed by atoms with Gasteiger partial charge in [0.15, 0.2) is 5.54 Å². The topological polar surface area (TPSA) is 148 Å². The van der Waals surface area contributed by atoms with Crippen LogP contribution in [0.1, 0.15) is 45.4 Å². The molecular weight excluding hydrogens is 393 g/mol. The summed E-state index contributed by atoms with van der Waals surface area (Å²) in [7, 11) is 0. The van der Waals surface area contributed by atoms with E-state index < -0.39 is 59.9 Å². The monoisotopic (exact) mass is 417 g/mol. The number of halogens is 1. The maximum absolute atomic E-state index is 14.4. The van der Waals surface area contributed by atoms with Gasteiger partial charge < -0.3 is 29.7 Å². The summed E-state index contributed by atoms with van der Waals surface area (Å²) in [6.45, 7) is 1.22. The minimum Gasteiger partial charge on any atom is -0.481 e. The molecule has 0 bridgehead atoms. The van der Waals surface area contributed by atoms with Crippen LogP contribution in [0, 0.1) is 17.8 Å². The van der Waals surface area contributed by atoms with Crippen molar-refractivity contribution >= 4 is 24.2 Å². The van der Waals surface area contributed by atoms with E-state index >= 15 is 0 Å². The molecule has 0 radical (unpaired) electrons. The molecule has 6 unspecified atom stereocenters. The predicted octanol–water partition coefficient (Wildman–Crippen LogP) is 2.06. The van der Waals surface area contributed by atoms with Crippen molar-refractivity contribution in [3.8, 4) is 0 Å². The van der Waals surface area contributed by atoms with Gasteiger partial charge in [0, 0.05) is 12.8 Å². The lowest BCUT2D eigenvalue weighted by atomic mass is 9.89. The summed E-state index contributed by atoms with van der Waals surface area (Å²) in [5.41, 5.74) is -2.40. The second-order valence-corrected chi connectivity index (χ2v) is 7.77. The van der Waals surface area contributed by atoms with Crippen molar-refractivity contribution in [2.24, 2.45) is 17.8 Å². The number of rotatable bonds is 6. The fourth-order valence-electron chi connectivity index (χ4n) is 4.61. The molecule has 3 fully saturated rings. The second-order valence-electron chi connectivity index (χ2n) is 7.77. The molecule has 0 aromatic rings. The van der Waals surface area contributed by atoms with Gasteiger partial charge in [0.1, 0.15) is 12.3 Å². The van der Waals surface area contributed by atoms with Gasteiger partial charge in [0.05, 0.1) is 5.92 Å². The Kier molecular flexibility index (Phi) is 5.85. The molecule has 3 aliphatic rings. The first-order valence-electron chi connectivity index (χ1n) is 9.63. The molecule has 3 aliphatic carbocycles. The summed E-state index contributed by atoms with van der Waals surface area (Å²) >= 11 is 0. The van der Waals surface area contributed by atoms with Crippen molar-refractivity contribution in [2.75, 3.05) is 0 Å². The minimum absolute atomic E-state index is 0.266. The van der Waals surface area contributed by atoms with E-state index in [0.29, 0.717) is 0 Å². The Balaban J connectivity index is 1.55. The number of hydrogen-bond donors (Lipinski definition) is 3. The number of ether oxygens (including phenoxy) is 3. The van der Waals surface area contributed by atoms with Crippen LogP contribution in [0.3, 0.4) is 0 Å². The van der Waals surface area contributed by atoms with Gasteiger partial charge in [-0.05, 0) is 38.0 Å². The first-order valence-corrected chi connectivity index (χ1v) is 9.63. The molecule has 162 valence electrons. The quantitative estimate of drug-likeness (QED) is 0.436. The Hall–Kier alpha value is -2.59. The van der Waals surface area contributed by atoms with E-state index in [4.69, 9.17) is 19.3 Å². The number of carbonyl (C=O) groups is 4. The zero-order valence-electron chi connectivity index (χ0n) is 15.8. The molecule has 29 heavy (non-hydrogen) atoms. The SMILES string of the molecule is CC(OC(=O)NC1(C(=O)O)C(F)CC2C(C(=O)O)C21)OC(=O)OC1CCCCC1. The highest BCUT2D eigenvalue weighted by atomic mass is 19.1. The van der Waals surface area contributed by atoms with E-state index in [9.17, 15) is 28.7 Å². The van der Waals surface area contributed by atoms with E-state index in [1.54, 1.807) is 0 Å². The maximum atomic E-state index is 14.4. The van der Waals surface area contributed by atoms with Crippen LogP contribution in [0.4, 0.5) is 14.0 Å². The van der Waals surface area contributed by atoms with Gasteiger partial charge in [-0.3, -0.25) is 4.79 Å². The number of aliphatic carboxylic acids is 2. The van der Waals surface area contributed by atoms with Gasteiger partial charge in [-0.15, -0.1) is 0 Å². The molecule has 0 saturated heterocycles. The number of carbonyl (C=O) groups excluding carboxylic acids is 2. The van der Waals surface area contributed by atoms with Crippen molar-refractivity contribution in [1.29, 1.82) is 0 Å². The van der Waals surface area contributed by atoms with Crippen LogP contribution in [0.2, 0.25) is 0 Å². The van der Waals surface area contributed by atoms with Gasteiger partial charge in [-0.2, -0.15) is 0 Å². The molecule has 3 saturated carbocycles. The van der Waals surface area contributed by atoms with E-state index in [2.05, 4.69) is 0 Å². The average Bonchev–Trinajstić information content (AvgIpc) is 3.26. The third-order valence-corrected chi connectivity index (χ3v) is 5.97. The average molecular weight is 417 g/mol. The van der Waals surface area contributed by atoms with Crippen LogP contribution in [-0.2, 0) is 23.8 Å². The van der Waals surface area contributed by atoms with Gasteiger partial charge in [0.25, 0.3) is 0 Å². The molecule has 6 atom stereocenters. The van der Waals surface area contributed by atoms with Crippen LogP contribution >= 0.6 is 0 Å². The lowest BCUT2D eigenvalue weighted by Gasteiger charge is -2.31. The normalized spacial score (nSPS) is 34.4. The number of carboxylic acids is 2. The molecule has 0 aromatic carbocycles. The molecule has 3 rings (SSSR count). The summed E-state index contributed by atoms with van der Waals surface area (Å²) in [5, 5.41) is 20.6. The molecule has 0 aliphatic heterocycles. The first kappa shape index (κ1) is 21.1. The molecule has 11 heteroatoms. The Morgan fingerprint density at radius 3 is 2.34 bits per heavy atom. The van der Waals surface area contributed by atoms with Crippen LogP contribution < -0.4 is 5.32 Å². The summed E-state index contributed by atoms with van der Waals surface area (Å²) < 4.78 is 29.2. The van der Waals surface area contributed by atoms with Crippen molar-refractivity contribution < 1.29 is 48.0 Å². The van der Waals surface area contributed by atoms with Crippen molar-refractivity contribution in [3.63, 3.8) is 0 Å². The van der Waals surface area contributed by atoms with Gasteiger partial charge in [0.2, 0.25) is 6.29 Å². The molecule has 0 spiro atoms. The summed E-state index contributed by atoms with van der Waals surface area (Å²) in [5.74, 6) is -5.71. The van der Waals surface area contributed by atoms with E-state index in [1.165, 1.54) is 6.92 Å². The molecule has 0 aromatic heterocycles. The molecule has 0 heterocycles. The fourth-order valence-corrected chi connectivity index (χ4v) is 4.61. The van der Waals surface area contributed by atoms with Gasteiger partial charge >= 0.3 is 24.2 Å². The van der Waals surface area contributed by atoms with Crippen LogP contribution in [-0.4, -0.2) is 58.5 Å². The molecular formula is C18H24FNO9. The van der Waals surface area contributed by atoms with Gasteiger partial charge in [-0.1, -0.05) is 6.42 Å². The fraction of sp³-hybridized carbons (Fsp3) is 0.778. The highest BCUT2D eigenvalue weighted by Crippen LogP contribution is 2.63. The zero-order chi connectivity index (χ0) is 21.3. The van der Waals surface area contributed by atoms with E-state index in [-0.39, 0.29) is 12.5 Å². The standard InChI is InChI=1S/C18H24FNO9/c1-8(28-17(26)29-9-5-3-2-4-6-9)27-16(25)20-18(15(23)24)11(19)7-10-12(13(10)18)14(21)22/h8-13H,2-7H2,1H3,(H,20,25)(H,21,22)(H,23,24). The van der Waals surface area contributed by atoms with E-state index in [1.807, 2.05) is 5.32 Å². The van der Waals surface area contributed by atoms with E-state index in [0.717, 1.165) is 32.1 Å². The van der Waals surface area contributed by atoms with Crippen LogP contribution in [0.5, 0.6) is 0 Å². The lowest BCUT2D eigenvalue weighted by Crippen LogP contribution is -2.61. The minimum atomic E-state index is -2.40. The van der Waals surface area contributed by atoms with Crippen LogP contribution in [0.25, 0.3) is 0 Å². The number of fused-ring (bicyclic) bond motifs is 1. The number of amides is 1. The third-order valence-electron chi connectivity index (χ3n) is 5.97. The summed E-state index contributed by atoms with van der Waals surface area (Å²) in [6.07, 6.45) is -1.90. The number of hydrogen-bond acceptors (Lipinski definition) is 7. The Morgan fingerprint density at radius 2 is 1.76 bits per heavy atom. The highest BCUT2D eigenvalue weighted by molar-refractivity contribution is 5.90. The third kappa shape index (κ3) is 4.08. The largest absolute Gasteiger partial charge is 0.511 e. The van der Waals surface area contributed by atoms with Crippen LogP contribution in [0.15, 0.2) is 0 Å². The maximum Gasteiger partial charge on any atom is 0.511 e. The summed E-state index contributed by atoms with van der Waals surface area (Å²) in [6, 6.07) is 0. The summed E-state index contributed by atoms with van der Waals surface area (Å²) in [4.78, 5) is 46.9. The molecule has 3 N–H and O–H groups in total. The Morgan fingerprint density at radius 1 is 1.10 bits per heavy atom. The zero-order valence-corrected chi connectivity index (χ0v) is 15.8. The number of alkyl halides is 1. The van der Waals surface area contributed by atoms with Crippen molar-refractivity contribution in [3.05, 3.63) is 0 Å². The second kappa shape index (κ2) is 8.03. The Labute approximate surface area is 165 Å². The number of nitrogens with one attached hydrogen (secondary N) is 1. The first-order chi connectivity index (χ1) is 13.7. The molecule has 10 nitrogen and oxygen atoms in total. The van der Waals surface area contributed by atoms with Gasteiger partial charge in [-0.25, -0.2) is 18.8 Å². The number of carboxylic acid groups (broad SMARTS) is 2. The number of alkyl carbamates (subject to hydrolysis) is 1. The smallest absolute Gasteiger partial charge is 0.481 e. The predicted molar refractivity (Wildman–Crippen MR) is 91.5 cm³/mol. The Bertz CT molecular complexity index is 695. The highest BCUT2D eigenvalue weighted by Gasteiger charge is 2.76. The lowest BCUT2D eigenvalue weighted by molar-refractivity contribution is -0.150.